The minimum atomic E-state index is -5.19. The second kappa shape index (κ2) is 10.3. The molecule has 1 aromatic rings. The van der Waals surface area contributed by atoms with Gasteiger partial charge in [0.1, 0.15) is 5.97 Å². The van der Waals surface area contributed by atoms with Crippen LogP contribution >= 0.6 is 0 Å². The predicted molar refractivity (Wildman–Crippen MR) is 133 cm³/mol. The molecule has 5 aliphatic rings. The van der Waals surface area contributed by atoms with Crippen molar-refractivity contribution in [2.75, 3.05) is 4.90 Å². The molecule has 36 heavy (non-hydrogen) atoms. The summed E-state index contributed by atoms with van der Waals surface area (Å²) in [5, 5.41) is 8.78. The Hall–Kier alpha value is -0.980. The number of alkyl halides is 3. The van der Waals surface area contributed by atoms with E-state index in [1.165, 1.54) is 43.2 Å². The Kier molecular flexibility index (Phi) is 8.46. The largest absolute Gasteiger partial charge is 1.00 e. The third-order valence-corrected chi connectivity index (χ3v) is 9.23. The van der Waals surface area contributed by atoms with E-state index < -0.39 is 12.1 Å². The number of hydrogen-bond donors (Lipinski definition) is 0. The zero-order valence-corrected chi connectivity index (χ0v) is 24.4. The van der Waals surface area contributed by atoms with Crippen LogP contribution in [-0.2, 0) is 27.2 Å². The molecular formula is C29H42AuF3NO2. The van der Waals surface area contributed by atoms with Crippen LogP contribution < -0.4 is 10.0 Å². The number of halogens is 3. The summed E-state index contributed by atoms with van der Waals surface area (Å²) in [5.74, 6) is 2.11. The number of nitrogens with zero attached hydrogens (tertiary/aromatic N) is 1. The molecule has 0 atom stereocenters. The molecule has 1 aromatic carbocycles. The van der Waals surface area contributed by atoms with Crippen molar-refractivity contribution in [2.24, 2.45) is 29.1 Å². The zero-order valence-electron chi connectivity index (χ0n) is 22.2. The molecule has 1 aliphatic heterocycles. The average molecular weight is 691 g/mol. The Morgan fingerprint density at radius 2 is 1.39 bits per heavy atom. The maximum atomic E-state index is 10.5. The van der Waals surface area contributed by atoms with Crippen LogP contribution in [-0.4, -0.2) is 17.7 Å². The molecule has 0 aromatic heterocycles. The first-order valence-corrected chi connectivity index (χ1v) is 13.2. The van der Waals surface area contributed by atoms with Crippen LogP contribution in [0.2, 0.25) is 0 Å². The van der Waals surface area contributed by atoms with Crippen LogP contribution in [0.25, 0.3) is 0 Å². The van der Waals surface area contributed by atoms with Gasteiger partial charge in [-0.15, -0.1) is 0 Å². The van der Waals surface area contributed by atoms with Gasteiger partial charge in [-0.25, -0.2) is 0 Å². The number of carboxylic acid groups (broad SMARTS) is 1. The molecule has 4 saturated carbocycles. The van der Waals surface area contributed by atoms with Crippen molar-refractivity contribution in [3.8, 4) is 0 Å². The van der Waals surface area contributed by atoms with Gasteiger partial charge in [0.25, 0.3) is 0 Å². The molecular weight excluding hydrogens is 648 g/mol. The summed E-state index contributed by atoms with van der Waals surface area (Å²) in [5.41, 5.74) is 5.30. The van der Waals surface area contributed by atoms with Crippen molar-refractivity contribution >= 4 is 11.7 Å². The van der Waals surface area contributed by atoms with Gasteiger partial charge < -0.3 is 14.8 Å². The molecule has 7 heteroatoms. The summed E-state index contributed by atoms with van der Waals surface area (Å²) < 4.78 is 31.5. The molecule has 5 fully saturated rings. The molecule has 1 spiro atoms. The first kappa shape index (κ1) is 29.6. The first-order valence-electron chi connectivity index (χ1n) is 13.2. The minimum absolute atomic E-state index is 0. The Balaban J connectivity index is 0.000000476. The molecule has 0 unspecified atom stereocenters. The fraction of sp³-hybridized carbons (Fsp3) is 0.724. The van der Waals surface area contributed by atoms with Crippen LogP contribution in [0.4, 0.5) is 18.9 Å². The number of carbonyl (C=O) groups is 1. The van der Waals surface area contributed by atoms with E-state index in [2.05, 4.69) is 71.2 Å². The summed E-state index contributed by atoms with van der Waals surface area (Å²) in [7, 11) is 0. The average Bonchev–Trinajstić information content (AvgIpc) is 3.02. The van der Waals surface area contributed by atoms with Crippen molar-refractivity contribution in [2.45, 2.75) is 104 Å². The smallest absolute Gasteiger partial charge is 0.542 e. The normalized spacial score (nSPS) is 32.0. The van der Waals surface area contributed by atoms with Crippen molar-refractivity contribution in [3.63, 3.8) is 0 Å². The van der Waals surface area contributed by atoms with Gasteiger partial charge in [0.05, 0.1) is 6.54 Å². The first-order chi connectivity index (χ1) is 16.2. The summed E-state index contributed by atoms with van der Waals surface area (Å²) >= 11 is 0. The topological polar surface area (TPSA) is 43.4 Å². The number of carbonyl (C=O) groups excluding carboxylic acids is 1. The van der Waals surface area contributed by atoms with Gasteiger partial charge in [-0.2, -0.15) is 13.2 Å². The van der Waals surface area contributed by atoms with Crippen LogP contribution in [0, 0.1) is 35.6 Å². The summed E-state index contributed by atoms with van der Waals surface area (Å²) in [6.45, 7) is 17.3. The Labute approximate surface area is 231 Å². The van der Waals surface area contributed by atoms with E-state index in [1.807, 2.05) is 0 Å². The zero-order chi connectivity index (χ0) is 25.9. The Morgan fingerprint density at radius 3 is 1.75 bits per heavy atom. The van der Waals surface area contributed by atoms with E-state index in [0.717, 1.165) is 23.7 Å². The molecule has 1 saturated heterocycles. The molecule has 1 radical (unpaired) electrons. The van der Waals surface area contributed by atoms with E-state index in [0.29, 0.717) is 17.3 Å². The number of aliphatic carboxylic acids is 1. The molecule has 207 valence electrons. The van der Waals surface area contributed by atoms with Crippen LogP contribution in [0.1, 0.15) is 104 Å². The molecule has 0 N–H and O–H groups in total. The number of para-hydroxylation sites is 1. The van der Waals surface area contributed by atoms with Crippen LogP contribution in [0.15, 0.2) is 18.2 Å². The molecule has 4 aliphatic carbocycles. The molecule has 4 bridgehead atoms. The second-order valence-electron chi connectivity index (χ2n) is 12.8. The molecule has 0 amide bonds. The number of hydrogen-bond acceptors (Lipinski definition) is 3. The van der Waals surface area contributed by atoms with Crippen molar-refractivity contribution in [1.29, 1.82) is 0 Å². The van der Waals surface area contributed by atoms with Crippen LogP contribution in [0.3, 0.4) is 0 Å². The number of rotatable bonds is 3. The Bertz CT molecular complexity index is 909. The SMILES string of the molecule is CC(C)c1cccc(C(C)C)c1N1[CH]C2(CC1(C)C)C1CC3CC(C1)CC2C3.O=C([O-])C(F)(F)F.[Au+].[HH]. The van der Waals surface area contributed by atoms with Crippen molar-refractivity contribution in [1.82, 2.24) is 0 Å². The van der Waals surface area contributed by atoms with Crippen LogP contribution in [0.5, 0.6) is 0 Å². The van der Waals surface area contributed by atoms with E-state index in [4.69, 9.17) is 9.90 Å². The van der Waals surface area contributed by atoms with Gasteiger partial charge >= 0.3 is 28.6 Å². The van der Waals surface area contributed by atoms with Gasteiger partial charge in [0.2, 0.25) is 0 Å². The van der Waals surface area contributed by atoms with Gasteiger partial charge in [-0.3, -0.25) is 0 Å². The van der Waals surface area contributed by atoms with E-state index in [-0.39, 0.29) is 29.3 Å². The van der Waals surface area contributed by atoms with Gasteiger partial charge in [-0.05, 0) is 99.0 Å². The van der Waals surface area contributed by atoms with E-state index >= 15 is 0 Å². The third kappa shape index (κ3) is 5.29. The van der Waals surface area contributed by atoms with E-state index in [9.17, 15) is 13.2 Å². The number of benzene rings is 1. The Morgan fingerprint density at radius 1 is 0.972 bits per heavy atom. The summed E-state index contributed by atoms with van der Waals surface area (Å²) in [6.07, 6.45) is 3.75. The van der Waals surface area contributed by atoms with Crippen molar-refractivity contribution in [3.05, 3.63) is 35.9 Å². The fourth-order valence-electron chi connectivity index (χ4n) is 8.01. The molecule has 6 rings (SSSR count). The minimum Gasteiger partial charge on any atom is -0.542 e. The summed E-state index contributed by atoms with van der Waals surface area (Å²) in [6, 6.07) is 7.06. The van der Waals surface area contributed by atoms with Crippen molar-refractivity contribution < 1.29 is 46.9 Å². The summed E-state index contributed by atoms with van der Waals surface area (Å²) in [4.78, 5) is 11.6. The number of carboxylic acids is 1. The fourth-order valence-corrected chi connectivity index (χ4v) is 8.01. The molecule has 3 nitrogen and oxygen atoms in total. The molecule has 1 heterocycles. The van der Waals surface area contributed by atoms with Gasteiger partial charge in [0, 0.05) is 18.1 Å². The number of anilines is 1. The van der Waals surface area contributed by atoms with Gasteiger partial charge in [-0.1, -0.05) is 45.9 Å². The quantitative estimate of drug-likeness (QED) is 0.319. The van der Waals surface area contributed by atoms with E-state index in [1.54, 1.807) is 12.1 Å². The maximum Gasteiger partial charge on any atom is 1.00 e. The van der Waals surface area contributed by atoms with Gasteiger partial charge in [0.15, 0.2) is 0 Å². The predicted octanol–water partition coefficient (Wildman–Crippen LogP) is 7.07. The third-order valence-electron chi connectivity index (χ3n) is 9.23. The maximum absolute atomic E-state index is 10.5. The standard InChI is InChI=1S/C27H40N.C2HF3O2.Au.H2/c1-17(2)23-8-7-9-24(18(3)4)25(23)28-16-27(15-26(28,5)6)21-11-19-10-20(13-21)14-22(27)12-19;3-2(4,5)1(6)7;;/h7-9,16-22H,10-15H2,1-6H3;(H,6,7);;1H/q;;+1;/p-1. The second-order valence-corrected chi connectivity index (χ2v) is 12.8. The monoisotopic (exact) mass is 690 g/mol.